The number of rotatable bonds is 3. The second-order valence-corrected chi connectivity index (χ2v) is 4.42. The number of anilines is 2. The number of carbonyl (C=O) groups excluding carboxylic acids is 1. The summed E-state index contributed by atoms with van der Waals surface area (Å²) in [6, 6.07) is 3.23. The van der Waals surface area contributed by atoms with Crippen molar-refractivity contribution in [3.63, 3.8) is 0 Å². The molecule has 0 radical (unpaired) electrons. The van der Waals surface area contributed by atoms with Crippen molar-refractivity contribution in [2.75, 3.05) is 11.1 Å². The number of nitrogens with zero attached hydrogens (tertiary/aromatic N) is 3. The lowest BCUT2D eigenvalue weighted by Crippen LogP contribution is -2.21. The van der Waals surface area contributed by atoms with Crippen LogP contribution in [-0.4, -0.2) is 20.7 Å². The fourth-order valence-corrected chi connectivity index (χ4v) is 1.82. The van der Waals surface area contributed by atoms with Gasteiger partial charge in [-0.2, -0.15) is 13.2 Å². The summed E-state index contributed by atoms with van der Waals surface area (Å²) >= 11 is 5.72. The molecular weight excluding hydrogens is 311 g/mol. The van der Waals surface area contributed by atoms with Crippen molar-refractivity contribution in [2.45, 2.75) is 12.7 Å². The van der Waals surface area contributed by atoms with Crippen LogP contribution < -0.4 is 11.1 Å². The lowest BCUT2D eigenvalue weighted by Gasteiger charge is -2.15. The zero-order valence-electron chi connectivity index (χ0n) is 10.4. The first-order valence-corrected chi connectivity index (χ1v) is 5.95. The first-order valence-electron chi connectivity index (χ1n) is 5.58. The number of amides is 1. The highest BCUT2D eigenvalue weighted by atomic mass is 35.5. The summed E-state index contributed by atoms with van der Waals surface area (Å²) in [6.07, 6.45) is -3.45. The number of nitrogen functional groups attached to an aromatic ring is 1. The van der Waals surface area contributed by atoms with Crippen LogP contribution in [0.25, 0.3) is 0 Å². The summed E-state index contributed by atoms with van der Waals surface area (Å²) in [7, 11) is 0. The number of carbonyl (C=O) groups is 1. The first-order chi connectivity index (χ1) is 9.77. The molecule has 10 heteroatoms. The summed E-state index contributed by atoms with van der Waals surface area (Å²) < 4.78 is 39.7. The predicted octanol–water partition coefficient (Wildman–Crippen LogP) is 2.17. The topological polar surface area (TPSA) is 85.8 Å². The van der Waals surface area contributed by atoms with Gasteiger partial charge in [0, 0.05) is 0 Å². The summed E-state index contributed by atoms with van der Waals surface area (Å²) in [5, 5.41) is 5.56. The molecule has 0 saturated carbocycles. The molecule has 0 fully saturated rings. The maximum absolute atomic E-state index is 12.9. The van der Waals surface area contributed by atoms with E-state index in [1.165, 1.54) is 12.4 Å². The second-order valence-electron chi connectivity index (χ2n) is 4.01. The largest absolute Gasteiger partial charge is 0.418 e. The van der Waals surface area contributed by atoms with Crippen LogP contribution in [0.2, 0.25) is 5.02 Å². The van der Waals surface area contributed by atoms with Crippen LogP contribution in [0.1, 0.15) is 5.56 Å². The Morgan fingerprint density at radius 1 is 1.43 bits per heavy atom. The number of benzene rings is 1. The Morgan fingerprint density at radius 2 is 2.14 bits per heavy atom. The van der Waals surface area contributed by atoms with E-state index in [1.54, 1.807) is 0 Å². The third-order valence-corrected chi connectivity index (χ3v) is 2.76. The van der Waals surface area contributed by atoms with Crippen molar-refractivity contribution in [1.29, 1.82) is 0 Å². The third kappa shape index (κ3) is 3.63. The number of hydrogen-bond acceptors (Lipinski definition) is 4. The first kappa shape index (κ1) is 15.1. The third-order valence-electron chi connectivity index (χ3n) is 2.44. The molecule has 6 nitrogen and oxygen atoms in total. The monoisotopic (exact) mass is 319 g/mol. The summed E-state index contributed by atoms with van der Waals surface area (Å²) in [4.78, 5) is 15.4. The van der Waals surface area contributed by atoms with Gasteiger partial charge in [0.05, 0.1) is 16.3 Å². The molecule has 0 aliphatic carbocycles. The highest BCUT2D eigenvalue weighted by Crippen LogP contribution is 2.38. The van der Waals surface area contributed by atoms with E-state index in [4.69, 9.17) is 17.3 Å². The molecule has 21 heavy (non-hydrogen) atoms. The van der Waals surface area contributed by atoms with E-state index in [0.717, 1.165) is 16.8 Å². The van der Waals surface area contributed by atoms with Gasteiger partial charge >= 0.3 is 6.18 Å². The molecular formula is C11H9ClF3N5O. The molecule has 0 spiro atoms. The minimum atomic E-state index is -4.63. The van der Waals surface area contributed by atoms with Crippen molar-refractivity contribution in [3.05, 3.63) is 35.1 Å². The molecule has 2 rings (SSSR count). The summed E-state index contributed by atoms with van der Waals surface area (Å²) in [6.45, 7) is -0.341. The van der Waals surface area contributed by atoms with E-state index in [0.29, 0.717) is 0 Å². The van der Waals surface area contributed by atoms with Gasteiger partial charge in [-0.05, 0) is 12.1 Å². The SMILES string of the molecule is Nc1ncn(CC(=O)Nc2c(Cl)cccc2C(F)(F)F)n1. The molecule has 0 bridgehead atoms. The summed E-state index contributed by atoms with van der Waals surface area (Å²) in [5.74, 6) is -0.782. The minimum absolute atomic E-state index is 0.0449. The maximum Gasteiger partial charge on any atom is 0.418 e. The standard InChI is InChI=1S/C11H9ClF3N5O/c12-7-3-1-2-6(11(13,14)15)9(7)18-8(21)4-20-5-17-10(16)19-20/h1-3,5H,4H2,(H2,16,19)(H,18,21). The van der Waals surface area contributed by atoms with Crippen molar-refractivity contribution >= 4 is 29.1 Å². The molecule has 1 heterocycles. The van der Waals surface area contributed by atoms with Crippen molar-refractivity contribution in [3.8, 4) is 0 Å². The Bertz CT molecular complexity index is 670. The molecule has 112 valence electrons. The van der Waals surface area contributed by atoms with Crippen molar-refractivity contribution < 1.29 is 18.0 Å². The molecule has 1 aromatic heterocycles. The van der Waals surface area contributed by atoms with Crippen LogP contribution >= 0.6 is 11.6 Å². The quantitative estimate of drug-likeness (QED) is 0.908. The average Bonchev–Trinajstić information content (AvgIpc) is 2.75. The zero-order valence-corrected chi connectivity index (χ0v) is 11.1. The van der Waals surface area contributed by atoms with Gasteiger partial charge in [-0.1, -0.05) is 17.7 Å². The second kappa shape index (κ2) is 5.60. The van der Waals surface area contributed by atoms with Gasteiger partial charge in [-0.3, -0.25) is 4.79 Å². The van der Waals surface area contributed by atoms with Gasteiger partial charge in [0.2, 0.25) is 11.9 Å². The van der Waals surface area contributed by atoms with E-state index in [2.05, 4.69) is 15.4 Å². The van der Waals surface area contributed by atoms with E-state index in [-0.39, 0.29) is 17.5 Å². The van der Waals surface area contributed by atoms with Crippen LogP contribution in [0.5, 0.6) is 0 Å². The number of hydrogen-bond donors (Lipinski definition) is 2. The van der Waals surface area contributed by atoms with E-state index >= 15 is 0 Å². The highest BCUT2D eigenvalue weighted by Gasteiger charge is 2.34. The van der Waals surface area contributed by atoms with E-state index in [1.807, 2.05) is 0 Å². The van der Waals surface area contributed by atoms with Crippen LogP contribution in [-0.2, 0) is 17.5 Å². The maximum atomic E-state index is 12.9. The van der Waals surface area contributed by atoms with Crippen LogP contribution in [0.4, 0.5) is 24.8 Å². The van der Waals surface area contributed by atoms with Gasteiger partial charge in [0.15, 0.2) is 0 Å². The molecule has 3 N–H and O–H groups in total. The van der Waals surface area contributed by atoms with Gasteiger partial charge in [-0.25, -0.2) is 9.67 Å². The molecule has 0 aliphatic rings. The fraction of sp³-hybridized carbons (Fsp3) is 0.182. The molecule has 0 saturated heterocycles. The zero-order chi connectivity index (χ0) is 15.6. The fourth-order valence-electron chi connectivity index (χ4n) is 1.60. The highest BCUT2D eigenvalue weighted by molar-refractivity contribution is 6.34. The van der Waals surface area contributed by atoms with Gasteiger partial charge in [0.25, 0.3) is 0 Å². The van der Waals surface area contributed by atoms with Crippen molar-refractivity contribution in [2.24, 2.45) is 0 Å². The average molecular weight is 320 g/mol. The van der Waals surface area contributed by atoms with Gasteiger partial charge in [0.1, 0.15) is 12.9 Å². The lowest BCUT2D eigenvalue weighted by molar-refractivity contribution is -0.137. The molecule has 1 aromatic carbocycles. The Hall–Kier alpha value is -2.29. The number of nitrogens with one attached hydrogen (secondary N) is 1. The number of alkyl halides is 3. The smallest absolute Gasteiger partial charge is 0.367 e. The summed E-state index contributed by atoms with van der Waals surface area (Å²) in [5.41, 5.74) is 3.75. The number of nitrogens with two attached hydrogens (primary N) is 1. The molecule has 0 unspecified atom stereocenters. The minimum Gasteiger partial charge on any atom is -0.367 e. The van der Waals surface area contributed by atoms with Crippen LogP contribution in [0.3, 0.4) is 0 Å². The molecule has 0 aliphatic heterocycles. The number of para-hydroxylation sites is 1. The Balaban J connectivity index is 2.21. The van der Waals surface area contributed by atoms with Gasteiger partial charge < -0.3 is 11.1 Å². The van der Waals surface area contributed by atoms with Gasteiger partial charge in [-0.15, -0.1) is 5.10 Å². The van der Waals surface area contributed by atoms with Crippen molar-refractivity contribution in [1.82, 2.24) is 14.8 Å². The number of halogens is 4. The Kier molecular flexibility index (Phi) is 4.03. The van der Waals surface area contributed by atoms with Crippen LogP contribution in [0.15, 0.2) is 24.5 Å². The normalized spacial score (nSPS) is 11.4. The molecule has 1 amide bonds. The lowest BCUT2D eigenvalue weighted by atomic mass is 10.1. The predicted molar refractivity (Wildman–Crippen MR) is 69.5 cm³/mol. The Morgan fingerprint density at radius 3 is 2.71 bits per heavy atom. The molecule has 0 atom stereocenters. The van der Waals surface area contributed by atoms with E-state index < -0.39 is 23.3 Å². The van der Waals surface area contributed by atoms with E-state index in [9.17, 15) is 18.0 Å². The Labute approximate surface area is 121 Å². The molecule has 2 aromatic rings. The number of aromatic nitrogens is 3. The van der Waals surface area contributed by atoms with Crippen LogP contribution in [0, 0.1) is 0 Å².